The smallest absolute Gasteiger partial charge is 0.166 e. The van der Waals surface area contributed by atoms with E-state index in [1.807, 2.05) is 32.9 Å². The average Bonchev–Trinajstić information content (AvgIpc) is 2.65. The lowest BCUT2D eigenvalue weighted by Crippen LogP contribution is -2.05. The normalized spacial score (nSPS) is 10.8. The molecule has 4 nitrogen and oxygen atoms in total. The summed E-state index contributed by atoms with van der Waals surface area (Å²) in [5.74, 6) is 0.778. The van der Waals surface area contributed by atoms with Gasteiger partial charge in [0.05, 0.1) is 12.3 Å². The molecule has 0 aliphatic heterocycles. The molecule has 0 aromatic carbocycles. The van der Waals surface area contributed by atoms with Gasteiger partial charge in [0, 0.05) is 0 Å². The highest BCUT2D eigenvalue weighted by atomic mass is 32.1. The van der Waals surface area contributed by atoms with Crippen molar-refractivity contribution in [3.8, 4) is 16.5 Å². The first-order valence-electron chi connectivity index (χ1n) is 5.08. The van der Waals surface area contributed by atoms with E-state index in [-0.39, 0.29) is 6.10 Å². The van der Waals surface area contributed by atoms with Crippen molar-refractivity contribution >= 4 is 11.3 Å². The minimum Gasteiger partial charge on any atom is -0.489 e. The Hall–Kier alpha value is -1.49. The maximum Gasteiger partial charge on any atom is 0.166 e. The lowest BCUT2D eigenvalue weighted by atomic mass is 10.3. The number of hydrogen-bond acceptors (Lipinski definition) is 5. The van der Waals surface area contributed by atoms with Crippen LogP contribution in [0.2, 0.25) is 0 Å². The zero-order chi connectivity index (χ0) is 11.5. The fraction of sp³-hybridized carbons (Fsp3) is 0.364. The largest absolute Gasteiger partial charge is 0.489 e. The Morgan fingerprint density at radius 1 is 1.25 bits per heavy atom. The van der Waals surface area contributed by atoms with Crippen LogP contribution >= 0.6 is 11.3 Å². The third-order valence-electron chi connectivity index (χ3n) is 1.85. The van der Waals surface area contributed by atoms with Gasteiger partial charge in [-0.25, -0.2) is 4.98 Å². The number of aryl methyl sites for hydroxylation is 1. The van der Waals surface area contributed by atoms with E-state index in [9.17, 15) is 0 Å². The van der Waals surface area contributed by atoms with Crippen LogP contribution in [0.1, 0.15) is 18.9 Å². The summed E-state index contributed by atoms with van der Waals surface area (Å²) in [4.78, 5) is 4.30. The Kier molecular flexibility index (Phi) is 3.14. The molecule has 0 aliphatic carbocycles. The Labute approximate surface area is 98.3 Å². The summed E-state index contributed by atoms with van der Waals surface area (Å²) in [6.45, 7) is 5.90. The molecule has 2 aromatic rings. The third kappa shape index (κ3) is 2.55. The molecule has 0 radical (unpaired) electrons. The summed E-state index contributed by atoms with van der Waals surface area (Å²) in [7, 11) is 0. The fourth-order valence-corrected chi connectivity index (χ4v) is 1.92. The molecule has 0 saturated heterocycles. The van der Waals surface area contributed by atoms with Crippen LogP contribution in [-0.4, -0.2) is 21.3 Å². The first-order chi connectivity index (χ1) is 7.65. The minimum absolute atomic E-state index is 0.163. The van der Waals surface area contributed by atoms with Gasteiger partial charge in [-0.3, -0.25) is 0 Å². The van der Waals surface area contributed by atoms with E-state index in [0.29, 0.717) is 0 Å². The Morgan fingerprint density at radius 3 is 2.56 bits per heavy atom. The number of rotatable bonds is 3. The van der Waals surface area contributed by atoms with Gasteiger partial charge in [0.1, 0.15) is 16.5 Å². The molecule has 2 rings (SSSR count). The molecule has 0 amide bonds. The van der Waals surface area contributed by atoms with Gasteiger partial charge in [-0.2, -0.15) is 0 Å². The van der Waals surface area contributed by atoms with Crippen LogP contribution in [-0.2, 0) is 0 Å². The first-order valence-corrected chi connectivity index (χ1v) is 5.90. The zero-order valence-corrected chi connectivity index (χ0v) is 10.3. The molecule has 0 fully saturated rings. The van der Waals surface area contributed by atoms with E-state index in [1.165, 1.54) is 11.3 Å². The zero-order valence-electron chi connectivity index (χ0n) is 9.47. The molecule has 0 unspecified atom stereocenters. The second kappa shape index (κ2) is 4.57. The molecule has 0 saturated carbocycles. The van der Waals surface area contributed by atoms with E-state index >= 15 is 0 Å². The number of hydrogen-bond donors (Lipinski definition) is 0. The highest BCUT2D eigenvalue weighted by Crippen LogP contribution is 2.22. The SMILES string of the molecule is Cc1nnc(-c2ccc(OC(C)C)cn2)s1. The highest BCUT2D eigenvalue weighted by Gasteiger charge is 2.06. The van der Waals surface area contributed by atoms with Crippen LogP contribution in [0.4, 0.5) is 0 Å². The summed E-state index contributed by atoms with van der Waals surface area (Å²) >= 11 is 1.54. The Morgan fingerprint density at radius 2 is 2.06 bits per heavy atom. The maximum absolute atomic E-state index is 5.52. The van der Waals surface area contributed by atoms with E-state index < -0.39 is 0 Å². The lowest BCUT2D eigenvalue weighted by molar-refractivity contribution is 0.241. The molecule has 84 valence electrons. The molecule has 5 heteroatoms. The lowest BCUT2D eigenvalue weighted by Gasteiger charge is -2.08. The summed E-state index contributed by atoms with van der Waals surface area (Å²) in [6, 6.07) is 3.80. The van der Waals surface area contributed by atoms with Gasteiger partial charge in [-0.1, -0.05) is 11.3 Å². The standard InChI is InChI=1S/C11H13N3OS/c1-7(2)15-9-4-5-10(12-6-9)11-14-13-8(3)16-11/h4-7H,1-3H3. The third-order valence-corrected chi connectivity index (χ3v) is 2.71. The Balaban J connectivity index is 2.19. The molecule has 16 heavy (non-hydrogen) atoms. The summed E-state index contributed by atoms with van der Waals surface area (Å²) < 4.78 is 5.52. The van der Waals surface area contributed by atoms with Crippen molar-refractivity contribution in [2.75, 3.05) is 0 Å². The molecular formula is C11H13N3OS. The van der Waals surface area contributed by atoms with E-state index in [1.54, 1.807) is 6.20 Å². The van der Waals surface area contributed by atoms with Crippen molar-refractivity contribution in [1.82, 2.24) is 15.2 Å². The summed E-state index contributed by atoms with van der Waals surface area (Å²) in [6.07, 6.45) is 1.88. The first kappa shape index (κ1) is 11.0. The quantitative estimate of drug-likeness (QED) is 0.820. The predicted octanol–water partition coefficient (Wildman–Crippen LogP) is 2.70. The van der Waals surface area contributed by atoms with Crippen LogP contribution in [0.25, 0.3) is 10.7 Å². The van der Waals surface area contributed by atoms with Crippen LogP contribution in [0.3, 0.4) is 0 Å². The molecule has 0 spiro atoms. The minimum atomic E-state index is 0.163. The fourth-order valence-electron chi connectivity index (χ4n) is 1.25. The Bertz CT molecular complexity index is 464. The summed E-state index contributed by atoms with van der Waals surface area (Å²) in [5.41, 5.74) is 0.835. The van der Waals surface area contributed by atoms with Gasteiger partial charge >= 0.3 is 0 Å². The highest BCUT2D eigenvalue weighted by molar-refractivity contribution is 7.14. The van der Waals surface area contributed by atoms with Crippen molar-refractivity contribution in [1.29, 1.82) is 0 Å². The molecule has 0 bridgehead atoms. The van der Waals surface area contributed by atoms with Gasteiger partial charge in [-0.05, 0) is 32.9 Å². The topological polar surface area (TPSA) is 47.9 Å². The van der Waals surface area contributed by atoms with Crippen molar-refractivity contribution in [3.05, 3.63) is 23.3 Å². The van der Waals surface area contributed by atoms with E-state index in [4.69, 9.17) is 4.74 Å². The van der Waals surface area contributed by atoms with Crippen molar-refractivity contribution in [2.24, 2.45) is 0 Å². The molecule has 0 atom stereocenters. The van der Waals surface area contributed by atoms with Crippen molar-refractivity contribution < 1.29 is 4.74 Å². The number of nitrogens with zero attached hydrogens (tertiary/aromatic N) is 3. The second-order valence-electron chi connectivity index (χ2n) is 3.67. The van der Waals surface area contributed by atoms with Gasteiger partial charge in [0.15, 0.2) is 5.01 Å². The van der Waals surface area contributed by atoms with Crippen molar-refractivity contribution in [3.63, 3.8) is 0 Å². The van der Waals surface area contributed by atoms with E-state index in [2.05, 4.69) is 15.2 Å². The van der Waals surface area contributed by atoms with E-state index in [0.717, 1.165) is 21.5 Å². The molecule has 2 aromatic heterocycles. The van der Waals surface area contributed by atoms with Gasteiger partial charge < -0.3 is 4.74 Å². The predicted molar refractivity (Wildman–Crippen MR) is 63.6 cm³/mol. The number of pyridine rings is 1. The molecule has 0 aliphatic rings. The van der Waals surface area contributed by atoms with Gasteiger partial charge in [0.2, 0.25) is 0 Å². The number of aromatic nitrogens is 3. The van der Waals surface area contributed by atoms with Crippen LogP contribution in [0.5, 0.6) is 5.75 Å². The monoisotopic (exact) mass is 235 g/mol. The second-order valence-corrected chi connectivity index (χ2v) is 4.85. The van der Waals surface area contributed by atoms with Gasteiger partial charge in [0.25, 0.3) is 0 Å². The van der Waals surface area contributed by atoms with Crippen LogP contribution in [0, 0.1) is 6.92 Å². The maximum atomic E-state index is 5.52. The molecule has 2 heterocycles. The van der Waals surface area contributed by atoms with Gasteiger partial charge in [-0.15, -0.1) is 10.2 Å². The molecular weight excluding hydrogens is 222 g/mol. The summed E-state index contributed by atoms with van der Waals surface area (Å²) in [5, 5.41) is 9.79. The van der Waals surface area contributed by atoms with Crippen LogP contribution < -0.4 is 4.74 Å². The van der Waals surface area contributed by atoms with Crippen molar-refractivity contribution in [2.45, 2.75) is 26.9 Å². The number of ether oxygens (including phenoxy) is 1. The molecule has 0 N–H and O–H groups in total. The average molecular weight is 235 g/mol. The van der Waals surface area contributed by atoms with Crippen LogP contribution in [0.15, 0.2) is 18.3 Å².